The van der Waals surface area contributed by atoms with E-state index < -0.39 is 5.97 Å². The Balaban J connectivity index is 1.58. The number of halogens is 2. The lowest BCUT2D eigenvalue weighted by atomic mass is 10.2. The number of rotatable bonds is 3. The number of anilines is 1. The highest BCUT2D eigenvalue weighted by Crippen LogP contribution is 2.25. The zero-order chi connectivity index (χ0) is 19.0. The Morgan fingerprint density at radius 2 is 1.93 bits per heavy atom. The quantitative estimate of drug-likeness (QED) is 0.546. The van der Waals surface area contributed by atoms with Crippen LogP contribution in [0.15, 0.2) is 57.6 Å². The number of benzene rings is 2. The fraction of sp³-hybridized carbons (Fsp3) is 0.150. The summed E-state index contributed by atoms with van der Waals surface area (Å²) in [4.78, 5) is 29.9. The molecule has 0 aliphatic carbocycles. The summed E-state index contributed by atoms with van der Waals surface area (Å²) in [5.74, 6) is -0.633. The Labute approximate surface area is 163 Å². The van der Waals surface area contributed by atoms with Gasteiger partial charge in [0, 0.05) is 24.2 Å². The van der Waals surface area contributed by atoms with Crippen LogP contribution in [0.3, 0.4) is 0 Å². The van der Waals surface area contributed by atoms with E-state index in [1.807, 2.05) is 12.1 Å². The highest BCUT2D eigenvalue weighted by molar-refractivity contribution is 9.10. The summed E-state index contributed by atoms with van der Waals surface area (Å²) in [5, 5.41) is 0. The van der Waals surface area contributed by atoms with Crippen molar-refractivity contribution in [3.8, 4) is 0 Å². The molecule has 2 aliphatic heterocycles. The van der Waals surface area contributed by atoms with Crippen LogP contribution in [0.2, 0.25) is 0 Å². The zero-order valence-corrected chi connectivity index (χ0v) is 15.7. The molecule has 4 rings (SSSR count). The van der Waals surface area contributed by atoms with Crippen molar-refractivity contribution in [2.24, 2.45) is 4.99 Å². The highest BCUT2D eigenvalue weighted by atomic mass is 79.9. The maximum Gasteiger partial charge on any atom is 0.363 e. The number of ether oxygens (including phenoxy) is 1. The monoisotopic (exact) mass is 428 g/mol. The normalized spacial score (nSPS) is 18.2. The van der Waals surface area contributed by atoms with Crippen LogP contribution in [0.5, 0.6) is 0 Å². The Kier molecular flexibility index (Phi) is 4.61. The minimum atomic E-state index is -0.566. The molecule has 0 atom stereocenters. The van der Waals surface area contributed by atoms with Crippen molar-refractivity contribution in [2.75, 3.05) is 11.4 Å². The van der Waals surface area contributed by atoms with Crippen LogP contribution >= 0.6 is 15.9 Å². The van der Waals surface area contributed by atoms with Crippen molar-refractivity contribution < 1.29 is 18.7 Å². The Bertz CT molecular complexity index is 999. The molecule has 0 radical (unpaired) electrons. The van der Waals surface area contributed by atoms with Crippen LogP contribution < -0.4 is 4.90 Å². The lowest BCUT2D eigenvalue weighted by molar-refractivity contribution is -0.130. The fourth-order valence-corrected chi connectivity index (χ4v) is 3.39. The van der Waals surface area contributed by atoms with Crippen molar-refractivity contribution >= 4 is 45.5 Å². The molecule has 2 aromatic carbocycles. The second kappa shape index (κ2) is 7.08. The molecule has 5 nitrogen and oxygen atoms in total. The van der Waals surface area contributed by atoms with Gasteiger partial charge in [-0.15, -0.1) is 0 Å². The molecular weight excluding hydrogens is 415 g/mol. The van der Waals surface area contributed by atoms with E-state index in [2.05, 4.69) is 20.9 Å². The second-order valence-electron chi connectivity index (χ2n) is 6.21. The van der Waals surface area contributed by atoms with E-state index in [0.717, 1.165) is 12.1 Å². The van der Waals surface area contributed by atoms with Crippen LogP contribution in [0.4, 0.5) is 10.1 Å². The first-order valence-electron chi connectivity index (χ1n) is 8.40. The minimum absolute atomic E-state index is 0.114. The van der Waals surface area contributed by atoms with Gasteiger partial charge in [-0.25, -0.2) is 14.2 Å². The molecule has 0 saturated carbocycles. The summed E-state index contributed by atoms with van der Waals surface area (Å²) in [5.41, 5.74) is 2.23. The van der Waals surface area contributed by atoms with Gasteiger partial charge in [-0.3, -0.25) is 4.79 Å². The summed E-state index contributed by atoms with van der Waals surface area (Å²) in [6, 6.07) is 11.6. The third-order valence-electron chi connectivity index (χ3n) is 4.37. The van der Waals surface area contributed by atoms with Crippen molar-refractivity contribution in [1.29, 1.82) is 0 Å². The average Bonchev–Trinajstić information content (AvgIpc) is 3.24. The number of amides is 1. The molecule has 1 amide bonds. The molecule has 0 unspecified atom stereocenters. The number of hydrogen-bond acceptors (Lipinski definition) is 4. The third-order valence-corrected chi connectivity index (χ3v) is 4.97. The topological polar surface area (TPSA) is 59.0 Å². The first kappa shape index (κ1) is 17.6. The van der Waals surface area contributed by atoms with Crippen LogP contribution in [-0.2, 0) is 14.3 Å². The lowest BCUT2D eigenvalue weighted by Gasteiger charge is -2.15. The largest absolute Gasteiger partial charge is 0.402 e. The van der Waals surface area contributed by atoms with Gasteiger partial charge >= 0.3 is 5.97 Å². The number of hydrogen-bond donors (Lipinski definition) is 0. The van der Waals surface area contributed by atoms with Gasteiger partial charge in [0.05, 0.1) is 4.47 Å². The predicted octanol–water partition coefficient (Wildman–Crippen LogP) is 4.06. The van der Waals surface area contributed by atoms with E-state index in [4.69, 9.17) is 4.74 Å². The molecule has 27 heavy (non-hydrogen) atoms. The third kappa shape index (κ3) is 3.55. The van der Waals surface area contributed by atoms with E-state index in [1.54, 1.807) is 29.2 Å². The predicted molar refractivity (Wildman–Crippen MR) is 103 cm³/mol. The van der Waals surface area contributed by atoms with E-state index in [-0.39, 0.29) is 23.3 Å². The van der Waals surface area contributed by atoms with Crippen LogP contribution in [0.25, 0.3) is 6.08 Å². The van der Waals surface area contributed by atoms with Gasteiger partial charge in [0.2, 0.25) is 11.8 Å². The van der Waals surface area contributed by atoms with Gasteiger partial charge in [-0.2, -0.15) is 0 Å². The number of esters is 1. The molecule has 2 heterocycles. The van der Waals surface area contributed by atoms with Crippen LogP contribution in [0.1, 0.15) is 24.0 Å². The summed E-state index contributed by atoms with van der Waals surface area (Å²) in [7, 11) is 0. The first-order valence-corrected chi connectivity index (χ1v) is 9.19. The molecule has 2 aromatic rings. The van der Waals surface area contributed by atoms with Crippen molar-refractivity contribution in [3.63, 3.8) is 0 Å². The molecule has 7 heteroatoms. The average molecular weight is 429 g/mol. The van der Waals surface area contributed by atoms with Gasteiger partial charge in [-0.05, 0) is 70.4 Å². The molecule has 1 fully saturated rings. The zero-order valence-electron chi connectivity index (χ0n) is 14.1. The Morgan fingerprint density at radius 3 is 2.59 bits per heavy atom. The maximum absolute atomic E-state index is 13.3. The minimum Gasteiger partial charge on any atom is -0.402 e. The van der Waals surface area contributed by atoms with E-state index >= 15 is 0 Å². The van der Waals surface area contributed by atoms with Crippen molar-refractivity contribution in [2.45, 2.75) is 12.8 Å². The Morgan fingerprint density at radius 1 is 1.15 bits per heavy atom. The van der Waals surface area contributed by atoms with Gasteiger partial charge in [0.15, 0.2) is 5.70 Å². The van der Waals surface area contributed by atoms with Crippen molar-refractivity contribution in [3.05, 3.63) is 69.6 Å². The van der Waals surface area contributed by atoms with Crippen LogP contribution in [-0.4, -0.2) is 24.3 Å². The number of carbonyl (C=O) groups is 2. The summed E-state index contributed by atoms with van der Waals surface area (Å²) < 4.78 is 18.9. The van der Waals surface area contributed by atoms with Gasteiger partial charge < -0.3 is 9.64 Å². The molecule has 2 aliphatic rings. The standard InChI is InChI=1S/C20H14BrFN2O3/c21-15-10-12(3-8-16(15)22)11-17-20(26)27-19(23-17)13-4-6-14(7-5-13)24-9-1-2-18(24)25/h3-8,10-11H,1-2,9H2/b17-11-. The number of carbonyl (C=O) groups excluding carboxylic acids is 2. The van der Waals surface area contributed by atoms with E-state index in [0.29, 0.717) is 28.6 Å². The smallest absolute Gasteiger partial charge is 0.363 e. The highest BCUT2D eigenvalue weighted by Gasteiger charge is 2.25. The number of cyclic esters (lactones) is 1. The molecular formula is C20H14BrFN2O3. The molecule has 0 aromatic heterocycles. The summed E-state index contributed by atoms with van der Waals surface area (Å²) >= 11 is 3.11. The first-order chi connectivity index (χ1) is 13.0. The SMILES string of the molecule is O=C1OC(c2ccc(N3CCCC3=O)cc2)=N/C1=C\c1ccc(F)c(Br)c1. The summed E-state index contributed by atoms with van der Waals surface area (Å²) in [6.07, 6.45) is 2.97. The lowest BCUT2D eigenvalue weighted by Crippen LogP contribution is -2.23. The Hall–Kier alpha value is -2.80. The fourth-order valence-electron chi connectivity index (χ4n) is 3.00. The van der Waals surface area contributed by atoms with Gasteiger partial charge in [0.25, 0.3) is 0 Å². The number of nitrogens with zero attached hydrogens (tertiary/aromatic N) is 2. The van der Waals surface area contributed by atoms with Gasteiger partial charge in [0.1, 0.15) is 5.82 Å². The molecule has 0 N–H and O–H groups in total. The molecule has 136 valence electrons. The molecule has 0 spiro atoms. The van der Waals surface area contributed by atoms with Crippen LogP contribution in [0, 0.1) is 5.82 Å². The molecule has 0 bridgehead atoms. The second-order valence-corrected chi connectivity index (χ2v) is 7.06. The summed E-state index contributed by atoms with van der Waals surface area (Å²) in [6.45, 7) is 0.716. The van der Waals surface area contributed by atoms with E-state index in [9.17, 15) is 14.0 Å². The van der Waals surface area contributed by atoms with Crippen molar-refractivity contribution in [1.82, 2.24) is 0 Å². The number of aliphatic imine (C=N–C) groups is 1. The van der Waals surface area contributed by atoms with Gasteiger partial charge in [-0.1, -0.05) is 6.07 Å². The maximum atomic E-state index is 13.3. The van der Waals surface area contributed by atoms with E-state index in [1.165, 1.54) is 12.1 Å². The molecule has 1 saturated heterocycles.